The van der Waals surface area contributed by atoms with Gasteiger partial charge in [-0.3, -0.25) is 10.1 Å². The maximum absolute atomic E-state index is 11.3. The molecule has 3 aromatic rings. The lowest BCUT2D eigenvalue weighted by atomic mass is 10.1. The molecule has 0 saturated carbocycles. The SMILES string of the molecule is Cc1nc2c([N+](=O)[O-])cc(Br)cc2n1C(C)c1ccccc1. The van der Waals surface area contributed by atoms with Gasteiger partial charge in [-0.05, 0) is 25.5 Å². The first-order valence-corrected chi connectivity index (χ1v) is 7.65. The predicted octanol–water partition coefficient (Wildman–Crippen LogP) is 4.62. The van der Waals surface area contributed by atoms with E-state index in [1.54, 1.807) is 0 Å². The fourth-order valence-electron chi connectivity index (χ4n) is 2.77. The van der Waals surface area contributed by atoms with Crippen molar-refractivity contribution in [2.24, 2.45) is 0 Å². The highest BCUT2D eigenvalue weighted by atomic mass is 79.9. The van der Waals surface area contributed by atoms with Crippen LogP contribution in [0, 0.1) is 17.0 Å². The highest BCUT2D eigenvalue weighted by Crippen LogP contribution is 2.33. The number of halogens is 1. The molecule has 112 valence electrons. The third-order valence-electron chi connectivity index (χ3n) is 3.78. The molecule has 1 unspecified atom stereocenters. The number of nitro groups is 1. The van der Waals surface area contributed by atoms with Crippen molar-refractivity contribution in [2.75, 3.05) is 0 Å². The summed E-state index contributed by atoms with van der Waals surface area (Å²) in [6.07, 6.45) is 0. The summed E-state index contributed by atoms with van der Waals surface area (Å²) in [7, 11) is 0. The van der Waals surface area contributed by atoms with Crippen LogP contribution < -0.4 is 0 Å². The number of nitrogens with zero attached hydrogens (tertiary/aromatic N) is 3. The van der Waals surface area contributed by atoms with Crippen molar-refractivity contribution in [1.29, 1.82) is 0 Å². The maximum Gasteiger partial charge on any atom is 0.298 e. The van der Waals surface area contributed by atoms with E-state index in [1.807, 2.05) is 47.9 Å². The van der Waals surface area contributed by atoms with Crippen molar-refractivity contribution in [3.63, 3.8) is 0 Å². The lowest BCUT2D eigenvalue weighted by Gasteiger charge is -2.17. The van der Waals surface area contributed by atoms with E-state index in [-0.39, 0.29) is 11.7 Å². The number of nitro benzene ring substituents is 1. The second-order valence-electron chi connectivity index (χ2n) is 5.17. The fourth-order valence-corrected chi connectivity index (χ4v) is 3.20. The zero-order chi connectivity index (χ0) is 15.9. The van der Waals surface area contributed by atoms with E-state index in [4.69, 9.17) is 0 Å². The molecule has 0 N–H and O–H groups in total. The number of aryl methyl sites for hydroxylation is 1. The highest BCUT2D eigenvalue weighted by Gasteiger charge is 2.22. The van der Waals surface area contributed by atoms with E-state index in [9.17, 15) is 10.1 Å². The number of hydrogen-bond acceptors (Lipinski definition) is 3. The van der Waals surface area contributed by atoms with Crippen molar-refractivity contribution in [3.8, 4) is 0 Å². The zero-order valence-corrected chi connectivity index (χ0v) is 13.7. The molecule has 0 spiro atoms. The van der Waals surface area contributed by atoms with Gasteiger partial charge >= 0.3 is 0 Å². The first-order chi connectivity index (χ1) is 10.5. The molecular formula is C16H14BrN3O2. The Kier molecular flexibility index (Phi) is 3.70. The largest absolute Gasteiger partial charge is 0.321 e. The molecule has 3 rings (SSSR count). The van der Waals surface area contributed by atoms with Gasteiger partial charge in [-0.25, -0.2) is 4.98 Å². The van der Waals surface area contributed by atoms with Crippen LogP contribution in [0.2, 0.25) is 0 Å². The predicted molar refractivity (Wildman–Crippen MR) is 89.1 cm³/mol. The molecule has 0 bridgehead atoms. The molecule has 1 atom stereocenters. The molecule has 0 fully saturated rings. The van der Waals surface area contributed by atoms with Gasteiger partial charge in [0.05, 0.1) is 16.5 Å². The molecule has 2 aromatic carbocycles. The molecule has 0 aliphatic rings. The molecule has 22 heavy (non-hydrogen) atoms. The molecular weight excluding hydrogens is 346 g/mol. The zero-order valence-electron chi connectivity index (χ0n) is 12.2. The van der Waals surface area contributed by atoms with Crippen LogP contribution in [0.3, 0.4) is 0 Å². The van der Waals surface area contributed by atoms with Gasteiger partial charge in [-0.2, -0.15) is 0 Å². The first kappa shape index (κ1) is 14.7. The Hall–Kier alpha value is -2.21. The second kappa shape index (κ2) is 5.53. The smallest absolute Gasteiger partial charge is 0.298 e. The Bertz CT molecular complexity index is 859. The third kappa shape index (κ3) is 2.39. The van der Waals surface area contributed by atoms with Crippen molar-refractivity contribution < 1.29 is 4.92 Å². The quantitative estimate of drug-likeness (QED) is 0.506. The topological polar surface area (TPSA) is 61.0 Å². The summed E-state index contributed by atoms with van der Waals surface area (Å²) >= 11 is 3.35. The van der Waals surface area contributed by atoms with Gasteiger partial charge in [0, 0.05) is 10.5 Å². The summed E-state index contributed by atoms with van der Waals surface area (Å²) in [4.78, 5) is 15.3. The van der Waals surface area contributed by atoms with E-state index < -0.39 is 4.92 Å². The van der Waals surface area contributed by atoms with Crippen LogP contribution in [0.5, 0.6) is 0 Å². The van der Waals surface area contributed by atoms with E-state index in [0.717, 1.165) is 16.9 Å². The van der Waals surface area contributed by atoms with E-state index in [0.29, 0.717) is 9.99 Å². The van der Waals surface area contributed by atoms with Crippen LogP contribution in [0.15, 0.2) is 46.9 Å². The van der Waals surface area contributed by atoms with Gasteiger partial charge in [-0.15, -0.1) is 0 Å². The van der Waals surface area contributed by atoms with Crippen molar-refractivity contribution in [1.82, 2.24) is 9.55 Å². The molecule has 0 aliphatic carbocycles. The molecule has 0 aliphatic heterocycles. The molecule has 1 aromatic heterocycles. The fraction of sp³-hybridized carbons (Fsp3) is 0.188. The van der Waals surface area contributed by atoms with Crippen molar-refractivity contribution in [2.45, 2.75) is 19.9 Å². The number of aromatic nitrogens is 2. The van der Waals surface area contributed by atoms with E-state index >= 15 is 0 Å². The van der Waals surface area contributed by atoms with Gasteiger partial charge in [0.25, 0.3) is 5.69 Å². The Morgan fingerprint density at radius 2 is 1.95 bits per heavy atom. The Morgan fingerprint density at radius 3 is 2.59 bits per heavy atom. The van der Waals surface area contributed by atoms with Crippen LogP contribution in [0.25, 0.3) is 11.0 Å². The van der Waals surface area contributed by atoms with Gasteiger partial charge in [-0.1, -0.05) is 46.3 Å². The van der Waals surface area contributed by atoms with Crippen molar-refractivity contribution >= 4 is 32.7 Å². The summed E-state index contributed by atoms with van der Waals surface area (Å²) in [5, 5.41) is 11.3. The second-order valence-corrected chi connectivity index (χ2v) is 6.08. The average Bonchev–Trinajstić information content (AvgIpc) is 2.82. The molecule has 1 heterocycles. The summed E-state index contributed by atoms with van der Waals surface area (Å²) in [6.45, 7) is 3.94. The monoisotopic (exact) mass is 359 g/mol. The number of rotatable bonds is 3. The van der Waals surface area contributed by atoms with Gasteiger partial charge in [0.1, 0.15) is 5.82 Å². The minimum atomic E-state index is -0.392. The van der Waals surface area contributed by atoms with E-state index in [1.165, 1.54) is 6.07 Å². The highest BCUT2D eigenvalue weighted by molar-refractivity contribution is 9.10. The molecule has 5 nitrogen and oxygen atoms in total. The van der Waals surface area contributed by atoms with Crippen molar-refractivity contribution in [3.05, 3.63) is 68.4 Å². The van der Waals surface area contributed by atoms with Gasteiger partial charge in [0.15, 0.2) is 5.52 Å². The number of imidazole rings is 1. The molecule has 0 saturated heterocycles. The van der Waals surface area contributed by atoms with Gasteiger partial charge in [0.2, 0.25) is 0 Å². The number of benzene rings is 2. The normalized spacial score (nSPS) is 12.5. The number of non-ortho nitro benzene ring substituents is 1. The molecule has 0 amide bonds. The molecule has 0 radical (unpaired) electrons. The van der Waals surface area contributed by atoms with Crippen LogP contribution in [0.1, 0.15) is 24.4 Å². The first-order valence-electron chi connectivity index (χ1n) is 6.86. The number of fused-ring (bicyclic) bond motifs is 1. The lowest BCUT2D eigenvalue weighted by Crippen LogP contribution is -2.08. The van der Waals surface area contributed by atoms with Crippen LogP contribution in [0.4, 0.5) is 5.69 Å². The standard InChI is InChI=1S/C16H14BrN3O2/c1-10(12-6-4-3-5-7-12)19-11(2)18-16-14(19)8-13(17)9-15(16)20(21)22/h3-10H,1-2H3. The minimum absolute atomic E-state index is 0.0199. The molecule has 6 heteroatoms. The summed E-state index contributed by atoms with van der Waals surface area (Å²) in [5.41, 5.74) is 2.34. The van der Waals surface area contributed by atoms with Crippen LogP contribution in [-0.4, -0.2) is 14.5 Å². The Morgan fingerprint density at radius 1 is 1.27 bits per heavy atom. The Labute approximate surface area is 135 Å². The lowest BCUT2D eigenvalue weighted by molar-refractivity contribution is -0.383. The van der Waals surface area contributed by atoms with E-state index in [2.05, 4.69) is 27.8 Å². The van der Waals surface area contributed by atoms with Gasteiger partial charge < -0.3 is 4.57 Å². The Balaban J connectivity index is 2.27. The minimum Gasteiger partial charge on any atom is -0.321 e. The van der Waals surface area contributed by atoms with Crippen LogP contribution >= 0.6 is 15.9 Å². The maximum atomic E-state index is 11.3. The summed E-state index contributed by atoms with van der Waals surface area (Å²) in [6, 6.07) is 13.4. The van der Waals surface area contributed by atoms with Crippen LogP contribution in [-0.2, 0) is 0 Å². The number of hydrogen-bond donors (Lipinski definition) is 0. The average molecular weight is 360 g/mol. The third-order valence-corrected chi connectivity index (χ3v) is 4.24. The summed E-state index contributed by atoms with van der Waals surface area (Å²) in [5.74, 6) is 0.757. The summed E-state index contributed by atoms with van der Waals surface area (Å²) < 4.78 is 2.70.